The summed E-state index contributed by atoms with van der Waals surface area (Å²) in [6, 6.07) is 5.42. The van der Waals surface area contributed by atoms with Crippen molar-refractivity contribution in [2.24, 2.45) is 0 Å². The van der Waals surface area contributed by atoms with Crippen LogP contribution in [0.2, 0.25) is 0 Å². The van der Waals surface area contributed by atoms with Crippen molar-refractivity contribution < 1.29 is 18.0 Å². The third kappa shape index (κ3) is 5.14. The number of aromatic nitrogens is 2. The lowest BCUT2D eigenvalue weighted by Gasteiger charge is -2.35. The van der Waals surface area contributed by atoms with E-state index in [4.69, 9.17) is 0 Å². The summed E-state index contributed by atoms with van der Waals surface area (Å²) >= 11 is 3.40. The average molecular weight is 459 g/mol. The number of piperazine rings is 1. The Morgan fingerprint density at radius 1 is 1.21 bits per heavy atom. The fourth-order valence-corrected chi connectivity index (χ4v) is 3.56. The maximum Gasteiger partial charge on any atom is 0.416 e. The molecule has 9 heteroatoms. The van der Waals surface area contributed by atoms with E-state index < -0.39 is 11.7 Å². The Bertz CT molecular complexity index is 829. The molecule has 3 rings (SSSR count). The fraction of sp³-hybridized carbons (Fsp3) is 0.474. The van der Waals surface area contributed by atoms with Crippen LogP contribution in [-0.4, -0.2) is 51.7 Å². The van der Waals surface area contributed by atoms with Crippen molar-refractivity contribution in [2.75, 3.05) is 26.2 Å². The highest BCUT2D eigenvalue weighted by Gasteiger charge is 2.30. The number of halogens is 4. The molecular weight excluding hydrogens is 437 g/mol. The average Bonchev–Trinajstić information content (AvgIpc) is 2.98. The zero-order valence-electron chi connectivity index (χ0n) is 15.5. The molecule has 1 aromatic carbocycles. The molecule has 1 aromatic heterocycles. The first kappa shape index (κ1) is 20.9. The van der Waals surface area contributed by atoms with Crippen LogP contribution in [0.3, 0.4) is 0 Å². The minimum Gasteiger partial charge on any atom is -0.340 e. The number of benzene rings is 1. The van der Waals surface area contributed by atoms with Crippen LogP contribution in [0.1, 0.15) is 23.2 Å². The molecule has 1 aliphatic rings. The number of nitrogens with zero attached hydrogens (tertiary/aromatic N) is 4. The third-order valence-electron chi connectivity index (χ3n) is 4.97. The van der Waals surface area contributed by atoms with E-state index in [9.17, 15) is 18.0 Å². The van der Waals surface area contributed by atoms with Gasteiger partial charge in [-0.2, -0.15) is 18.3 Å². The van der Waals surface area contributed by atoms with Crippen molar-refractivity contribution in [1.82, 2.24) is 19.6 Å². The van der Waals surface area contributed by atoms with Crippen molar-refractivity contribution in [3.63, 3.8) is 0 Å². The van der Waals surface area contributed by atoms with E-state index in [1.165, 1.54) is 12.1 Å². The predicted octanol–water partition coefficient (Wildman–Crippen LogP) is 3.71. The van der Waals surface area contributed by atoms with E-state index in [1.54, 1.807) is 16.9 Å². The van der Waals surface area contributed by atoms with Gasteiger partial charge in [-0.05, 0) is 34.5 Å². The normalized spacial score (nSPS) is 15.8. The van der Waals surface area contributed by atoms with Gasteiger partial charge in [0.2, 0.25) is 5.91 Å². The summed E-state index contributed by atoms with van der Waals surface area (Å²) in [4.78, 5) is 16.3. The number of hydrogen-bond acceptors (Lipinski definition) is 3. The monoisotopic (exact) mass is 458 g/mol. The van der Waals surface area contributed by atoms with Crippen LogP contribution < -0.4 is 0 Å². The van der Waals surface area contributed by atoms with Gasteiger partial charge >= 0.3 is 6.18 Å². The summed E-state index contributed by atoms with van der Waals surface area (Å²) in [5, 5.41) is 4.23. The van der Waals surface area contributed by atoms with Crippen molar-refractivity contribution in [3.8, 4) is 0 Å². The van der Waals surface area contributed by atoms with Crippen LogP contribution in [0.4, 0.5) is 13.2 Å². The zero-order chi connectivity index (χ0) is 20.3. The Morgan fingerprint density at radius 3 is 2.54 bits per heavy atom. The second-order valence-electron chi connectivity index (χ2n) is 6.91. The fourth-order valence-electron chi connectivity index (χ4n) is 3.27. The number of hydrogen-bond donors (Lipinski definition) is 0. The molecule has 5 nitrogen and oxygen atoms in total. The standard InChI is InChI=1S/C19H22BrF3N4O/c1-14-17(20)12-24-27(14)6-5-18(28)26-9-7-25(8-10-26)13-15-3-2-4-16(11-15)19(21,22)23/h2-4,11-12H,5-10,13H2,1H3. The molecule has 152 valence electrons. The number of rotatable bonds is 5. The molecule has 0 bridgehead atoms. The summed E-state index contributed by atoms with van der Waals surface area (Å²) in [5.41, 5.74) is 0.993. The summed E-state index contributed by atoms with van der Waals surface area (Å²) in [7, 11) is 0. The van der Waals surface area contributed by atoms with Crippen LogP contribution in [0, 0.1) is 6.92 Å². The number of aryl methyl sites for hydroxylation is 1. The Hall–Kier alpha value is -1.87. The Kier molecular flexibility index (Phi) is 6.44. The van der Waals surface area contributed by atoms with Gasteiger partial charge in [-0.1, -0.05) is 18.2 Å². The molecular formula is C19H22BrF3N4O. The van der Waals surface area contributed by atoms with Crippen LogP contribution in [0.5, 0.6) is 0 Å². The van der Waals surface area contributed by atoms with E-state index in [-0.39, 0.29) is 5.91 Å². The van der Waals surface area contributed by atoms with Crippen LogP contribution in [0.15, 0.2) is 34.9 Å². The minimum absolute atomic E-state index is 0.0738. The lowest BCUT2D eigenvalue weighted by atomic mass is 10.1. The van der Waals surface area contributed by atoms with Crippen LogP contribution >= 0.6 is 15.9 Å². The van der Waals surface area contributed by atoms with Gasteiger partial charge < -0.3 is 4.90 Å². The number of alkyl halides is 3. The molecule has 1 saturated heterocycles. The lowest BCUT2D eigenvalue weighted by Crippen LogP contribution is -2.48. The van der Waals surface area contributed by atoms with Gasteiger partial charge in [-0.25, -0.2) is 0 Å². The highest BCUT2D eigenvalue weighted by molar-refractivity contribution is 9.10. The summed E-state index contributed by atoms with van der Waals surface area (Å²) in [6.45, 7) is 5.38. The van der Waals surface area contributed by atoms with Gasteiger partial charge in [0.15, 0.2) is 0 Å². The number of carbonyl (C=O) groups excluding carboxylic acids is 1. The molecule has 0 radical (unpaired) electrons. The first-order chi connectivity index (χ1) is 13.2. The SMILES string of the molecule is Cc1c(Br)cnn1CCC(=O)N1CCN(Cc2cccc(C(F)(F)F)c2)CC1. The maximum atomic E-state index is 12.8. The van der Waals surface area contributed by atoms with E-state index in [0.29, 0.717) is 51.3 Å². The van der Waals surface area contributed by atoms with E-state index in [1.807, 2.05) is 11.8 Å². The predicted molar refractivity (Wildman–Crippen MR) is 103 cm³/mol. The largest absolute Gasteiger partial charge is 0.416 e. The molecule has 0 N–H and O–H groups in total. The highest BCUT2D eigenvalue weighted by atomic mass is 79.9. The van der Waals surface area contributed by atoms with Gasteiger partial charge in [0.1, 0.15) is 0 Å². The Labute approximate surface area is 170 Å². The quantitative estimate of drug-likeness (QED) is 0.685. The molecule has 2 aromatic rings. The van der Waals surface area contributed by atoms with Gasteiger partial charge in [0.05, 0.1) is 16.2 Å². The molecule has 0 atom stereocenters. The third-order valence-corrected chi connectivity index (χ3v) is 5.74. The second-order valence-corrected chi connectivity index (χ2v) is 7.76. The number of amides is 1. The smallest absolute Gasteiger partial charge is 0.340 e. The first-order valence-corrected chi connectivity index (χ1v) is 9.87. The van der Waals surface area contributed by atoms with E-state index in [0.717, 1.165) is 16.2 Å². The summed E-state index contributed by atoms with van der Waals surface area (Å²) in [5.74, 6) is 0.0738. The van der Waals surface area contributed by atoms with Gasteiger partial charge in [0, 0.05) is 51.4 Å². The van der Waals surface area contributed by atoms with Gasteiger partial charge in [0.25, 0.3) is 0 Å². The first-order valence-electron chi connectivity index (χ1n) is 9.08. The lowest BCUT2D eigenvalue weighted by molar-refractivity contribution is -0.137. The minimum atomic E-state index is -4.33. The molecule has 0 aliphatic carbocycles. The Balaban J connectivity index is 1.48. The summed E-state index contributed by atoms with van der Waals surface area (Å²) in [6.07, 6.45) is -2.24. The van der Waals surface area contributed by atoms with Crippen LogP contribution in [-0.2, 0) is 24.1 Å². The molecule has 0 unspecified atom stereocenters. The maximum absolute atomic E-state index is 12.8. The molecule has 1 amide bonds. The topological polar surface area (TPSA) is 41.4 Å². The highest BCUT2D eigenvalue weighted by Crippen LogP contribution is 2.29. The van der Waals surface area contributed by atoms with Crippen molar-refractivity contribution >= 4 is 21.8 Å². The van der Waals surface area contributed by atoms with Gasteiger partial charge in [-0.3, -0.25) is 14.4 Å². The second kappa shape index (κ2) is 8.65. The Morgan fingerprint density at radius 2 is 1.93 bits per heavy atom. The van der Waals surface area contributed by atoms with Crippen molar-refractivity contribution in [3.05, 3.63) is 51.8 Å². The molecule has 0 saturated carbocycles. The van der Waals surface area contributed by atoms with Crippen LogP contribution in [0.25, 0.3) is 0 Å². The van der Waals surface area contributed by atoms with E-state index in [2.05, 4.69) is 25.9 Å². The number of carbonyl (C=O) groups is 1. The van der Waals surface area contributed by atoms with E-state index >= 15 is 0 Å². The molecule has 28 heavy (non-hydrogen) atoms. The van der Waals surface area contributed by atoms with Crippen molar-refractivity contribution in [2.45, 2.75) is 32.6 Å². The molecule has 2 heterocycles. The molecule has 1 fully saturated rings. The van der Waals surface area contributed by atoms with Gasteiger partial charge in [-0.15, -0.1) is 0 Å². The van der Waals surface area contributed by atoms with Crippen molar-refractivity contribution in [1.29, 1.82) is 0 Å². The zero-order valence-corrected chi connectivity index (χ0v) is 17.1. The summed E-state index contributed by atoms with van der Waals surface area (Å²) < 4.78 is 41.2. The molecule has 1 aliphatic heterocycles. The molecule has 0 spiro atoms.